The Morgan fingerprint density at radius 3 is 2.72 bits per heavy atom. The van der Waals surface area contributed by atoms with Gasteiger partial charge in [-0.3, -0.25) is 9.59 Å². The number of ether oxygens (including phenoxy) is 2. The summed E-state index contributed by atoms with van der Waals surface area (Å²) >= 11 is 5.88. The maximum atomic E-state index is 14.3. The molecular weight excluding hydrogens is 491 g/mol. The molecule has 1 fully saturated rings. The van der Waals surface area contributed by atoms with E-state index in [2.05, 4.69) is 10.5 Å². The second-order valence-corrected chi connectivity index (χ2v) is 10.2. The van der Waals surface area contributed by atoms with Crippen LogP contribution in [0.5, 0.6) is 0 Å². The summed E-state index contributed by atoms with van der Waals surface area (Å²) < 4.78 is 27.5. The number of amides is 2. The topological polar surface area (TPSA) is 102 Å². The highest BCUT2D eigenvalue weighted by molar-refractivity contribution is 6.30. The Morgan fingerprint density at radius 1 is 1.28 bits per heavy atom. The molecule has 9 nitrogen and oxygen atoms in total. The van der Waals surface area contributed by atoms with E-state index in [1.54, 1.807) is 44.0 Å². The van der Waals surface area contributed by atoms with Crippen molar-refractivity contribution in [1.82, 2.24) is 14.9 Å². The molecule has 1 aromatic carbocycles. The number of aromatic nitrogens is 1. The molecule has 192 valence electrons. The Morgan fingerprint density at radius 2 is 2.06 bits per heavy atom. The van der Waals surface area contributed by atoms with Crippen molar-refractivity contribution in [3.8, 4) is 0 Å². The number of hydrogen-bond donors (Lipinski definition) is 1. The average Bonchev–Trinajstić information content (AvgIpc) is 3.12. The molecule has 2 amide bonds. The van der Waals surface area contributed by atoms with Crippen LogP contribution in [0.1, 0.15) is 44.4 Å². The molecule has 0 radical (unpaired) electrons. The first-order valence-electron chi connectivity index (χ1n) is 11.6. The highest BCUT2D eigenvalue weighted by atomic mass is 35.5. The number of pyridine rings is 1. The SMILES string of the molecule is CC(C)(C)OC(=O)N1CCO[C@@H](c2ccc(Cl)c(F)c2)[C@H](Cn2cc(C3=NNC(=O)C3)ccc2=O)C1. The van der Waals surface area contributed by atoms with Crippen LogP contribution in [0.15, 0.2) is 46.4 Å². The lowest BCUT2D eigenvalue weighted by Crippen LogP contribution is -2.41. The van der Waals surface area contributed by atoms with Crippen LogP contribution in [-0.2, 0) is 20.8 Å². The van der Waals surface area contributed by atoms with E-state index in [9.17, 15) is 18.8 Å². The largest absolute Gasteiger partial charge is 0.444 e. The van der Waals surface area contributed by atoms with E-state index in [1.165, 1.54) is 22.8 Å². The Labute approximate surface area is 212 Å². The van der Waals surface area contributed by atoms with E-state index in [4.69, 9.17) is 21.1 Å². The molecule has 0 bridgehead atoms. The fraction of sp³-hybridized carbons (Fsp3) is 0.440. The van der Waals surface area contributed by atoms with Gasteiger partial charge in [0.15, 0.2) is 0 Å². The van der Waals surface area contributed by atoms with Crippen molar-refractivity contribution in [2.45, 2.75) is 45.4 Å². The quantitative estimate of drug-likeness (QED) is 0.667. The summed E-state index contributed by atoms with van der Waals surface area (Å²) in [7, 11) is 0. The normalized spacial score (nSPS) is 20.5. The third-order valence-corrected chi connectivity index (χ3v) is 6.16. The van der Waals surface area contributed by atoms with Crippen LogP contribution in [0.2, 0.25) is 5.02 Å². The monoisotopic (exact) mass is 518 g/mol. The zero-order valence-corrected chi connectivity index (χ0v) is 21.0. The third kappa shape index (κ3) is 6.11. The first kappa shape index (κ1) is 25.8. The van der Waals surface area contributed by atoms with Gasteiger partial charge in [0.05, 0.1) is 29.9 Å². The van der Waals surface area contributed by atoms with Gasteiger partial charge in [-0.25, -0.2) is 14.6 Å². The van der Waals surface area contributed by atoms with Gasteiger partial charge in [0, 0.05) is 43.4 Å². The summed E-state index contributed by atoms with van der Waals surface area (Å²) in [6.45, 7) is 6.20. The van der Waals surface area contributed by atoms with Crippen LogP contribution in [0, 0.1) is 11.7 Å². The number of rotatable bonds is 4. The molecule has 0 aliphatic carbocycles. The summed E-state index contributed by atoms with van der Waals surface area (Å²) in [5.41, 5.74) is 3.15. The molecule has 1 saturated heterocycles. The van der Waals surface area contributed by atoms with Crippen molar-refractivity contribution >= 4 is 29.3 Å². The van der Waals surface area contributed by atoms with Crippen LogP contribution in [0.4, 0.5) is 9.18 Å². The molecule has 1 N–H and O–H groups in total. The first-order valence-corrected chi connectivity index (χ1v) is 12.0. The van der Waals surface area contributed by atoms with Gasteiger partial charge in [-0.1, -0.05) is 17.7 Å². The fourth-order valence-electron chi connectivity index (χ4n) is 4.22. The van der Waals surface area contributed by atoms with Crippen molar-refractivity contribution < 1.29 is 23.5 Å². The molecule has 2 aromatic rings. The lowest BCUT2D eigenvalue weighted by Gasteiger charge is -2.30. The van der Waals surface area contributed by atoms with Gasteiger partial charge in [0.25, 0.3) is 5.56 Å². The Hall–Kier alpha value is -3.24. The van der Waals surface area contributed by atoms with E-state index in [-0.39, 0.29) is 49.2 Å². The van der Waals surface area contributed by atoms with Crippen LogP contribution < -0.4 is 11.0 Å². The minimum Gasteiger partial charge on any atom is -0.444 e. The van der Waals surface area contributed by atoms with Gasteiger partial charge in [0.2, 0.25) is 5.91 Å². The maximum Gasteiger partial charge on any atom is 0.410 e. The second kappa shape index (κ2) is 10.4. The zero-order chi connectivity index (χ0) is 26.0. The van der Waals surface area contributed by atoms with Crippen LogP contribution >= 0.6 is 11.6 Å². The van der Waals surface area contributed by atoms with Crippen molar-refractivity contribution in [1.29, 1.82) is 0 Å². The van der Waals surface area contributed by atoms with Gasteiger partial charge in [0.1, 0.15) is 11.4 Å². The Kier molecular flexibility index (Phi) is 7.46. The van der Waals surface area contributed by atoms with E-state index in [0.29, 0.717) is 16.8 Å². The number of hydrazone groups is 1. The summed E-state index contributed by atoms with van der Waals surface area (Å²) in [4.78, 5) is 38.8. The summed E-state index contributed by atoms with van der Waals surface area (Å²) in [5, 5.41) is 4.01. The van der Waals surface area contributed by atoms with E-state index in [0.717, 1.165) is 0 Å². The number of hydrogen-bond acceptors (Lipinski definition) is 6. The van der Waals surface area contributed by atoms with Crippen molar-refractivity contribution in [3.63, 3.8) is 0 Å². The smallest absolute Gasteiger partial charge is 0.410 e. The molecule has 0 spiro atoms. The molecule has 2 aliphatic rings. The molecule has 2 atom stereocenters. The predicted molar refractivity (Wildman–Crippen MR) is 131 cm³/mol. The molecule has 3 heterocycles. The number of carbonyl (C=O) groups excluding carboxylic acids is 2. The Balaban J connectivity index is 1.67. The van der Waals surface area contributed by atoms with E-state index in [1.807, 2.05) is 0 Å². The molecule has 2 aliphatic heterocycles. The number of benzene rings is 1. The summed E-state index contributed by atoms with van der Waals surface area (Å²) in [6, 6.07) is 7.46. The lowest BCUT2D eigenvalue weighted by atomic mass is 9.94. The minimum atomic E-state index is -0.683. The number of carbonyl (C=O) groups is 2. The van der Waals surface area contributed by atoms with Gasteiger partial charge in [-0.05, 0) is 44.5 Å². The standard InChI is InChI=1S/C25H28ClFN4O5/c1-25(2,3)36-24(34)30-8-9-35-23(15-4-6-18(26)19(27)10-15)17(13-30)14-31-12-16(5-7-22(31)33)20-11-21(32)29-28-20/h4-7,10,12,17,23H,8-9,11,13-14H2,1-3H3,(H,29,32)/t17-,23-/m0/s1. The molecule has 11 heteroatoms. The van der Waals surface area contributed by atoms with Gasteiger partial charge < -0.3 is 18.9 Å². The first-order chi connectivity index (χ1) is 17.0. The van der Waals surface area contributed by atoms with Gasteiger partial charge in [-0.15, -0.1) is 0 Å². The van der Waals surface area contributed by atoms with E-state index >= 15 is 0 Å². The molecule has 0 saturated carbocycles. The number of halogens is 2. The minimum absolute atomic E-state index is 0.0104. The molecule has 0 unspecified atom stereocenters. The molecular formula is C25H28ClFN4O5. The fourth-order valence-corrected chi connectivity index (χ4v) is 4.34. The molecule has 36 heavy (non-hydrogen) atoms. The Bertz CT molecular complexity index is 1260. The second-order valence-electron chi connectivity index (χ2n) is 9.83. The summed E-state index contributed by atoms with van der Waals surface area (Å²) in [6.07, 6.45) is 0.630. The predicted octanol–water partition coefficient (Wildman–Crippen LogP) is 3.49. The van der Waals surface area contributed by atoms with Crippen LogP contribution in [-0.4, -0.2) is 52.5 Å². The zero-order valence-electron chi connectivity index (χ0n) is 20.3. The number of nitrogens with zero attached hydrogens (tertiary/aromatic N) is 3. The molecule has 4 rings (SSSR count). The number of nitrogens with one attached hydrogen (secondary N) is 1. The van der Waals surface area contributed by atoms with E-state index < -0.39 is 29.5 Å². The van der Waals surface area contributed by atoms with Crippen LogP contribution in [0.3, 0.4) is 0 Å². The van der Waals surface area contributed by atoms with Crippen molar-refractivity contribution in [2.75, 3.05) is 19.7 Å². The third-order valence-electron chi connectivity index (χ3n) is 5.86. The van der Waals surface area contributed by atoms with Crippen molar-refractivity contribution in [3.05, 3.63) is 68.8 Å². The van der Waals surface area contributed by atoms with Crippen LogP contribution in [0.25, 0.3) is 0 Å². The van der Waals surface area contributed by atoms with Gasteiger partial charge >= 0.3 is 6.09 Å². The van der Waals surface area contributed by atoms with Crippen molar-refractivity contribution in [2.24, 2.45) is 11.0 Å². The molecule has 1 aromatic heterocycles. The maximum absolute atomic E-state index is 14.3. The highest BCUT2D eigenvalue weighted by Gasteiger charge is 2.34. The highest BCUT2D eigenvalue weighted by Crippen LogP contribution is 2.32. The van der Waals surface area contributed by atoms with Gasteiger partial charge in [-0.2, -0.15) is 5.10 Å². The average molecular weight is 519 g/mol. The lowest BCUT2D eigenvalue weighted by molar-refractivity contribution is -0.119. The summed E-state index contributed by atoms with van der Waals surface area (Å²) in [5.74, 6) is -1.24.